The van der Waals surface area contributed by atoms with Gasteiger partial charge in [0.2, 0.25) is 11.9 Å². The Kier molecular flexibility index (Phi) is 9.22. The van der Waals surface area contributed by atoms with Crippen molar-refractivity contribution in [3.63, 3.8) is 0 Å². The Morgan fingerprint density at radius 1 is 1.02 bits per heavy atom. The average molecular weight is 598 g/mol. The molecule has 2 aliphatic rings. The van der Waals surface area contributed by atoms with Gasteiger partial charge in [-0.1, -0.05) is 31.5 Å². The van der Waals surface area contributed by atoms with Crippen LogP contribution in [0.3, 0.4) is 0 Å². The Morgan fingerprint density at radius 3 is 2.45 bits per heavy atom. The first-order valence-electron chi connectivity index (χ1n) is 14.5. The topological polar surface area (TPSA) is 112 Å². The number of carbonyl (C=O) groups is 2. The number of amides is 1. The van der Waals surface area contributed by atoms with Crippen LogP contribution in [-0.2, 0) is 0 Å². The summed E-state index contributed by atoms with van der Waals surface area (Å²) in [5, 5.41) is 11.1. The molecule has 2 fully saturated rings. The maximum Gasteiger partial charge on any atom is 0.256 e. The zero-order chi connectivity index (χ0) is 29.8. The summed E-state index contributed by atoms with van der Waals surface area (Å²) >= 11 is 5.89. The van der Waals surface area contributed by atoms with Crippen molar-refractivity contribution in [1.82, 2.24) is 29.5 Å². The molecule has 2 aromatic heterocycles. The van der Waals surface area contributed by atoms with E-state index in [0.29, 0.717) is 49.9 Å². The molecule has 0 atom stereocenters. The van der Waals surface area contributed by atoms with Gasteiger partial charge < -0.3 is 25.3 Å². The van der Waals surface area contributed by atoms with Gasteiger partial charge in [0.05, 0.1) is 10.6 Å². The number of likely N-dealkylation sites (N-methyl/N-ethyl adjacent to an activating group) is 1. The van der Waals surface area contributed by atoms with E-state index in [2.05, 4.69) is 32.5 Å². The van der Waals surface area contributed by atoms with E-state index in [1.54, 1.807) is 17.9 Å². The number of piperazine rings is 1. The van der Waals surface area contributed by atoms with Gasteiger partial charge in [-0.05, 0) is 38.4 Å². The first-order chi connectivity index (χ1) is 20.2. The van der Waals surface area contributed by atoms with Crippen molar-refractivity contribution in [2.75, 3.05) is 61.3 Å². The summed E-state index contributed by atoms with van der Waals surface area (Å²) in [5.41, 5.74) is 0.730. The van der Waals surface area contributed by atoms with Crippen LogP contribution in [0.25, 0.3) is 0 Å². The van der Waals surface area contributed by atoms with Crippen molar-refractivity contribution in [3.05, 3.63) is 52.4 Å². The van der Waals surface area contributed by atoms with Gasteiger partial charge in [-0.2, -0.15) is 9.97 Å². The van der Waals surface area contributed by atoms with E-state index in [1.807, 2.05) is 19.1 Å². The quantitative estimate of drug-likeness (QED) is 0.389. The lowest BCUT2D eigenvalue weighted by Gasteiger charge is -2.35. The van der Waals surface area contributed by atoms with E-state index in [-0.39, 0.29) is 28.4 Å². The highest BCUT2D eigenvalue weighted by Gasteiger charge is 2.27. The molecule has 1 aromatic carbocycles. The molecule has 42 heavy (non-hydrogen) atoms. The molecule has 0 unspecified atom stereocenters. The van der Waals surface area contributed by atoms with Gasteiger partial charge in [0, 0.05) is 69.6 Å². The molecule has 11 nitrogen and oxygen atoms in total. The van der Waals surface area contributed by atoms with Gasteiger partial charge >= 0.3 is 0 Å². The third kappa shape index (κ3) is 6.65. The minimum Gasteiger partial charge on any atom is -0.354 e. The number of halogens is 2. The van der Waals surface area contributed by atoms with E-state index in [4.69, 9.17) is 21.6 Å². The van der Waals surface area contributed by atoms with E-state index < -0.39 is 5.82 Å². The number of anilines is 4. The van der Waals surface area contributed by atoms with E-state index >= 15 is 0 Å². The smallest absolute Gasteiger partial charge is 0.256 e. The molecule has 1 amide bonds. The summed E-state index contributed by atoms with van der Waals surface area (Å²) in [5.74, 6) is 1.24. The molecule has 13 heteroatoms. The van der Waals surface area contributed by atoms with Crippen LogP contribution in [0.2, 0.25) is 5.02 Å². The second kappa shape index (κ2) is 13.0. The fourth-order valence-electron chi connectivity index (χ4n) is 5.34. The zero-order valence-electron chi connectivity index (χ0n) is 24.2. The largest absolute Gasteiger partial charge is 0.354 e. The predicted octanol–water partition coefficient (Wildman–Crippen LogP) is 4.43. The lowest BCUT2D eigenvalue weighted by atomic mass is 10.0. The maximum absolute atomic E-state index is 14.4. The van der Waals surface area contributed by atoms with Crippen LogP contribution in [0.4, 0.5) is 27.8 Å². The lowest BCUT2D eigenvalue weighted by Crippen LogP contribution is -2.46. The number of nitrogens with zero attached hydrogens (tertiary/aromatic N) is 7. The molecule has 3 aromatic rings. The zero-order valence-corrected chi connectivity index (χ0v) is 25.0. The van der Waals surface area contributed by atoms with Crippen LogP contribution in [0, 0.1) is 12.7 Å². The number of hydrogen-bond donors (Lipinski definition) is 2. The Hall–Kier alpha value is -3.77. The van der Waals surface area contributed by atoms with E-state index in [1.165, 1.54) is 16.8 Å². The van der Waals surface area contributed by atoms with Gasteiger partial charge in [-0.15, -0.1) is 5.10 Å². The van der Waals surface area contributed by atoms with Crippen molar-refractivity contribution >= 4 is 46.8 Å². The Labute approximate surface area is 250 Å². The molecular weight excluding hydrogens is 561 g/mol. The van der Waals surface area contributed by atoms with E-state index in [0.717, 1.165) is 44.2 Å². The SMILES string of the molecule is CCC(=O)n1nc(Nc2cc(N3CCN(CC)CC3)nc(NC3CCN(C(=O)c4cccc(Cl)c4F)CC3)n2)cc1C. The Morgan fingerprint density at radius 2 is 1.76 bits per heavy atom. The molecule has 0 radical (unpaired) electrons. The van der Waals surface area contributed by atoms with Crippen LogP contribution >= 0.6 is 11.6 Å². The van der Waals surface area contributed by atoms with Gasteiger partial charge in [0.1, 0.15) is 11.6 Å². The fraction of sp³-hybridized carbons (Fsp3) is 0.483. The molecule has 0 spiro atoms. The minimum absolute atomic E-state index is 0.0119. The Bertz CT molecular complexity index is 1430. The van der Waals surface area contributed by atoms with Crippen LogP contribution in [0.5, 0.6) is 0 Å². The second-order valence-electron chi connectivity index (χ2n) is 10.6. The molecular formula is C29H37ClFN9O2. The molecule has 5 rings (SSSR count). The highest BCUT2D eigenvalue weighted by Crippen LogP contribution is 2.26. The van der Waals surface area contributed by atoms with E-state index in [9.17, 15) is 14.0 Å². The molecule has 2 saturated heterocycles. The summed E-state index contributed by atoms with van der Waals surface area (Å²) < 4.78 is 15.8. The van der Waals surface area contributed by atoms with Crippen molar-refractivity contribution in [1.29, 1.82) is 0 Å². The van der Waals surface area contributed by atoms with Crippen LogP contribution in [0.1, 0.15) is 54.0 Å². The molecule has 2 N–H and O–H groups in total. The number of nitrogens with one attached hydrogen (secondary N) is 2. The normalized spacial score (nSPS) is 16.5. The number of hydrogen-bond acceptors (Lipinski definition) is 9. The summed E-state index contributed by atoms with van der Waals surface area (Å²) in [6.45, 7) is 11.4. The van der Waals surface area contributed by atoms with Crippen molar-refractivity contribution < 1.29 is 14.0 Å². The standard InChI is InChI=1S/C29H37ClFN9O2/c1-4-26(41)40-19(3)17-24(36-40)33-23-18-25(38-15-13-37(5-2)14-16-38)35-29(34-23)32-20-9-11-39(12-10-20)28(42)21-7-6-8-22(30)27(21)31/h6-8,17-18,20H,4-5,9-16H2,1-3H3,(H2,32,33,34,35,36). The maximum atomic E-state index is 14.4. The third-order valence-corrected chi connectivity index (χ3v) is 8.13. The first-order valence-corrected chi connectivity index (χ1v) is 14.9. The predicted molar refractivity (Wildman–Crippen MR) is 161 cm³/mol. The molecule has 0 saturated carbocycles. The number of aromatic nitrogens is 4. The fourth-order valence-corrected chi connectivity index (χ4v) is 5.51. The number of carbonyl (C=O) groups excluding carboxylic acids is 2. The van der Waals surface area contributed by atoms with Gasteiger partial charge in [-0.3, -0.25) is 9.59 Å². The molecule has 0 aliphatic carbocycles. The Balaban J connectivity index is 1.31. The molecule has 0 bridgehead atoms. The number of aryl methyl sites for hydroxylation is 1. The molecule has 4 heterocycles. The summed E-state index contributed by atoms with van der Waals surface area (Å²) in [4.78, 5) is 41.1. The highest BCUT2D eigenvalue weighted by atomic mass is 35.5. The molecule has 224 valence electrons. The van der Waals surface area contributed by atoms with Crippen LogP contribution in [0.15, 0.2) is 30.3 Å². The summed E-state index contributed by atoms with van der Waals surface area (Å²) in [6.07, 6.45) is 1.67. The van der Waals surface area contributed by atoms with Crippen LogP contribution in [-0.4, -0.2) is 93.2 Å². The van der Waals surface area contributed by atoms with Gasteiger partial charge in [0.25, 0.3) is 5.91 Å². The lowest BCUT2D eigenvalue weighted by molar-refractivity contribution is 0.0713. The van der Waals surface area contributed by atoms with Gasteiger partial charge in [-0.25, -0.2) is 9.07 Å². The van der Waals surface area contributed by atoms with Gasteiger partial charge in [0.15, 0.2) is 11.6 Å². The highest BCUT2D eigenvalue weighted by molar-refractivity contribution is 6.31. The summed E-state index contributed by atoms with van der Waals surface area (Å²) in [7, 11) is 0. The second-order valence-corrected chi connectivity index (χ2v) is 11.0. The monoisotopic (exact) mass is 597 g/mol. The van der Waals surface area contributed by atoms with Crippen molar-refractivity contribution in [2.45, 2.75) is 46.1 Å². The molecule has 2 aliphatic heterocycles. The van der Waals surface area contributed by atoms with Crippen molar-refractivity contribution in [2.24, 2.45) is 0 Å². The summed E-state index contributed by atoms with van der Waals surface area (Å²) in [6, 6.07) is 8.23. The van der Waals surface area contributed by atoms with Crippen molar-refractivity contribution in [3.8, 4) is 0 Å². The first kappa shape index (κ1) is 29.7. The number of piperidine rings is 1. The minimum atomic E-state index is -0.687. The third-order valence-electron chi connectivity index (χ3n) is 7.84. The number of likely N-dealkylation sites (tertiary alicyclic amines) is 1. The number of rotatable bonds is 8. The number of benzene rings is 1. The van der Waals surface area contributed by atoms with Crippen LogP contribution < -0.4 is 15.5 Å². The average Bonchev–Trinajstić information content (AvgIpc) is 3.37.